The van der Waals surface area contributed by atoms with Crippen molar-refractivity contribution in [2.45, 2.75) is 13.0 Å². The molecule has 0 radical (unpaired) electrons. The molecule has 1 amide bonds. The molecular weight excluding hydrogens is 398 g/mol. The predicted molar refractivity (Wildman–Crippen MR) is 108 cm³/mol. The van der Waals surface area contributed by atoms with Crippen LogP contribution in [0.15, 0.2) is 36.8 Å². The number of nitrogens with zero attached hydrogens (tertiary/aromatic N) is 4. The Bertz CT molecular complexity index is 1150. The molecule has 0 unspecified atom stereocenters. The number of carbonyl (C=O) groups excluding carboxylic acids is 1. The highest BCUT2D eigenvalue weighted by molar-refractivity contribution is 7.88. The van der Waals surface area contributed by atoms with E-state index in [-0.39, 0.29) is 5.91 Å². The minimum atomic E-state index is -3.24. The van der Waals surface area contributed by atoms with E-state index >= 15 is 0 Å². The zero-order valence-corrected chi connectivity index (χ0v) is 17.0. The monoisotopic (exact) mass is 417 g/mol. The molecule has 28 heavy (non-hydrogen) atoms. The summed E-state index contributed by atoms with van der Waals surface area (Å²) in [5.41, 5.74) is 3.47. The van der Waals surface area contributed by atoms with Crippen LogP contribution < -0.4 is 5.32 Å². The maximum atomic E-state index is 12.7. The molecule has 2 aromatic heterocycles. The normalized spacial score (nSPS) is 14.6. The molecule has 0 aliphatic carbocycles. The van der Waals surface area contributed by atoms with Gasteiger partial charge in [-0.2, -0.15) is 9.40 Å². The van der Waals surface area contributed by atoms with E-state index in [2.05, 4.69) is 15.4 Å². The van der Waals surface area contributed by atoms with Crippen LogP contribution in [0.2, 0.25) is 0 Å². The van der Waals surface area contributed by atoms with Gasteiger partial charge in [0.1, 0.15) is 9.88 Å². The van der Waals surface area contributed by atoms with Crippen molar-refractivity contribution in [2.24, 2.45) is 7.05 Å². The molecule has 0 saturated heterocycles. The van der Waals surface area contributed by atoms with Gasteiger partial charge in [0.15, 0.2) is 0 Å². The standard InChI is InChI=1S/C18H19N5O3S2/c1-22-10-13(8-20-22)18-19-9-16(27-18)17(24)21-15-5-3-4-12-11-23(28(2,25)26)7-6-14(12)15/h3-5,8-10H,6-7,11H2,1-2H3,(H,21,24). The van der Waals surface area contributed by atoms with Crippen LogP contribution in [0.1, 0.15) is 20.8 Å². The largest absolute Gasteiger partial charge is 0.321 e. The second-order valence-electron chi connectivity index (χ2n) is 6.68. The van der Waals surface area contributed by atoms with Gasteiger partial charge in [-0.1, -0.05) is 12.1 Å². The number of benzene rings is 1. The summed E-state index contributed by atoms with van der Waals surface area (Å²) in [6.45, 7) is 0.730. The maximum absolute atomic E-state index is 12.7. The Morgan fingerprint density at radius 3 is 2.82 bits per heavy atom. The molecule has 1 aromatic carbocycles. The Balaban J connectivity index is 1.54. The molecule has 1 aliphatic heterocycles. The minimum absolute atomic E-state index is 0.230. The van der Waals surface area contributed by atoms with Gasteiger partial charge >= 0.3 is 0 Å². The molecule has 0 saturated carbocycles. The SMILES string of the molecule is Cn1cc(-c2ncc(C(=O)Nc3cccc4c3CCN(S(C)(=O)=O)C4)s2)cn1. The van der Waals surface area contributed by atoms with Gasteiger partial charge < -0.3 is 5.32 Å². The van der Waals surface area contributed by atoms with Crippen molar-refractivity contribution in [2.75, 3.05) is 18.1 Å². The van der Waals surface area contributed by atoms with Crippen molar-refractivity contribution >= 4 is 33.0 Å². The lowest BCUT2D eigenvalue weighted by Gasteiger charge is -2.28. The van der Waals surface area contributed by atoms with Crippen molar-refractivity contribution in [1.29, 1.82) is 0 Å². The van der Waals surface area contributed by atoms with Gasteiger partial charge in [-0.25, -0.2) is 13.4 Å². The molecule has 10 heteroatoms. The highest BCUT2D eigenvalue weighted by Gasteiger charge is 2.25. The number of aryl methyl sites for hydroxylation is 1. The van der Waals surface area contributed by atoms with Crippen LogP contribution in [0.5, 0.6) is 0 Å². The first-order valence-electron chi connectivity index (χ1n) is 8.63. The molecule has 146 valence electrons. The third-order valence-electron chi connectivity index (χ3n) is 4.63. The number of fused-ring (bicyclic) bond motifs is 1. The van der Waals surface area contributed by atoms with Crippen LogP contribution in [0.4, 0.5) is 5.69 Å². The Kier molecular flexibility index (Phi) is 4.77. The fourth-order valence-corrected chi connectivity index (χ4v) is 4.79. The predicted octanol–water partition coefficient (Wildman–Crippen LogP) is 2.11. The number of rotatable bonds is 4. The first-order chi connectivity index (χ1) is 13.3. The van der Waals surface area contributed by atoms with Crippen LogP contribution in [0.25, 0.3) is 10.6 Å². The van der Waals surface area contributed by atoms with Crippen molar-refractivity contribution in [3.8, 4) is 10.6 Å². The summed E-state index contributed by atoms with van der Waals surface area (Å²) < 4.78 is 26.8. The van der Waals surface area contributed by atoms with Crippen molar-refractivity contribution in [3.05, 3.63) is 52.8 Å². The Morgan fingerprint density at radius 2 is 2.11 bits per heavy atom. The van der Waals surface area contributed by atoms with Crippen molar-refractivity contribution in [1.82, 2.24) is 19.1 Å². The Labute approximate surface area is 166 Å². The van der Waals surface area contributed by atoms with Gasteiger partial charge in [0.2, 0.25) is 10.0 Å². The van der Waals surface area contributed by atoms with Gasteiger partial charge in [-0.3, -0.25) is 9.48 Å². The molecule has 3 aromatic rings. The highest BCUT2D eigenvalue weighted by atomic mass is 32.2. The van der Waals surface area contributed by atoms with Crippen molar-refractivity contribution < 1.29 is 13.2 Å². The average Bonchev–Trinajstić information content (AvgIpc) is 3.30. The molecule has 0 atom stereocenters. The highest BCUT2D eigenvalue weighted by Crippen LogP contribution is 2.29. The summed E-state index contributed by atoms with van der Waals surface area (Å²) in [5.74, 6) is -0.230. The number of anilines is 1. The maximum Gasteiger partial charge on any atom is 0.267 e. The van der Waals surface area contributed by atoms with E-state index in [1.165, 1.54) is 21.9 Å². The second kappa shape index (κ2) is 7.12. The molecule has 4 rings (SSSR count). The topological polar surface area (TPSA) is 97.2 Å². The number of carbonyl (C=O) groups is 1. The van der Waals surface area contributed by atoms with E-state index in [1.54, 1.807) is 17.1 Å². The lowest BCUT2D eigenvalue weighted by molar-refractivity contribution is 0.103. The summed E-state index contributed by atoms with van der Waals surface area (Å²) in [6.07, 6.45) is 6.89. The second-order valence-corrected chi connectivity index (χ2v) is 9.69. The van der Waals surface area contributed by atoms with E-state index < -0.39 is 10.0 Å². The van der Waals surface area contributed by atoms with Crippen LogP contribution in [-0.4, -0.2) is 46.2 Å². The van der Waals surface area contributed by atoms with E-state index in [1.807, 2.05) is 31.4 Å². The number of hydrogen-bond acceptors (Lipinski definition) is 6. The first kappa shape index (κ1) is 18.8. The third-order valence-corrected chi connectivity index (χ3v) is 6.92. The van der Waals surface area contributed by atoms with E-state index in [0.29, 0.717) is 30.1 Å². The number of thiazole rings is 1. The molecular formula is C18H19N5O3S2. The Morgan fingerprint density at radius 1 is 1.29 bits per heavy atom. The fourth-order valence-electron chi connectivity index (χ4n) is 3.21. The van der Waals surface area contributed by atoms with Gasteiger partial charge in [-0.05, 0) is 23.6 Å². The number of hydrogen-bond donors (Lipinski definition) is 1. The zero-order chi connectivity index (χ0) is 19.9. The van der Waals surface area contributed by atoms with Crippen LogP contribution in [0.3, 0.4) is 0 Å². The molecule has 3 heterocycles. The number of aromatic nitrogens is 3. The van der Waals surface area contributed by atoms with Crippen LogP contribution in [-0.2, 0) is 30.0 Å². The number of amides is 1. The summed E-state index contributed by atoms with van der Waals surface area (Å²) in [6, 6.07) is 5.57. The molecule has 8 nitrogen and oxygen atoms in total. The van der Waals surface area contributed by atoms with E-state index in [9.17, 15) is 13.2 Å². The quantitative estimate of drug-likeness (QED) is 0.701. The molecule has 1 aliphatic rings. The summed E-state index contributed by atoms with van der Waals surface area (Å²) in [5, 5.41) is 7.81. The van der Waals surface area contributed by atoms with Gasteiger partial charge in [0, 0.05) is 37.6 Å². The molecule has 1 N–H and O–H groups in total. The summed E-state index contributed by atoms with van der Waals surface area (Å²) >= 11 is 1.30. The minimum Gasteiger partial charge on any atom is -0.321 e. The van der Waals surface area contributed by atoms with Gasteiger partial charge in [0.25, 0.3) is 5.91 Å². The molecule has 0 fully saturated rings. The number of nitrogens with one attached hydrogen (secondary N) is 1. The van der Waals surface area contributed by atoms with Gasteiger partial charge in [0.05, 0.1) is 18.6 Å². The molecule has 0 bridgehead atoms. The van der Waals surface area contributed by atoms with Crippen LogP contribution in [0, 0.1) is 0 Å². The van der Waals surface area contributed by atoms with Crippen LogP contribution >= 0.6 is 11.3 Å². The van der Waals surface area contributed by atoms with Gasteiger partial charge in [-0.15, -0.1) is 11.3 Å². The lowest BCUT2D eigenvalue weighted by Crippen LogP contribution is -2.35. The first-order valence-corrected chi connectivity index (χ1v) is 11.3. The molecule has 0 spiro atoms. The summed E-state index contributed by atoms with van der Waals surface area (Å²) in [4.78, 5) is 17.5. The van der Waals surface area contributed by atoms with E-state index in [4.69, 9.17) is 0 Å². The fraction of sp³-hybridized carbons (Fsp3) is 0.278. The van der Waals surface area contributed by atoms with E-state index in [0.717, 1.165) is 21.7 Å². The van der Waals surface area contributed by atoms with Crippen molar-refractivity contribution in [3.63, 3.8) is 0 Å². The smallest absolute Gasteiger partial charge is 0.267 e. The third kappa shape index (κ3) is 3.71. The average molecular weight is 418 g/mol. The number of sulfonamides is 1. The Hall–Kier alpha value is -2.56. The zero-order valence-electron chi connectivity index (χ0n) is 15.4. The summed E-state index contributed by atoms with van der Waals surface area (Å²) in [7, 11) is -1.41. The lowest BCUT2D eigenvalue weighted by atomic mass is 9.99.